The highest BCUT2D eigenvalue weighted by atomic mass is 16.3. The fourth-order valence-corrected chi connectivity index (χ4v) is 2.07. The number of aryl methyl sites for hydroxylation is 2. The molecule has 0 aromatic carbocycles. The second kappa shape index (κ2) is 4.77. The summed E-state index contributed by atoms with van der Waals surface area (Å²) in [6, 6.07) is 10.9. The van der Waals surface area contributed by atoms with Gasteiger partial charge in [0.15, 0.2) is 5.82 Å². The number of nitrogens with zero attached hydrogens (tertiary/aromatic N) is 4. The normalized spacial score (nSPS) is 12.0. The van der Waals surface area contributed by atoms with Crippen molar-refractivity contribution < 1.29 is 9.67 Å². The molecule has 3 aromatic heterocycles. The van der Waals surface area contributed by atoms with E-state index in [9.17, 15) is 5.11 Å². The van der Waals surface area contributed by atoms with Crippen LogP contribution in [-0.4, -0.2) is 9.38 Å². The lowest BCUT2D eigenvalue weighted by Crippen LogP contribution is -2.39. The Bertz CT molecular complexity index is 838. The summed E-state index contributed by atoms with van der Waals surface area (Å²) < 4.78 is 3.49. The van der Waals surface area contributed by atoms with Crippen LogP contribution in [0.15, 0.2) is 53.8 Å². The van der Waals surface area contributed by atoms with Crippen LogP contribution < -0.4 is 15.2 Å². The molecule has 20 heavy (non-hydrogen) atoms. The minimum absolute atomic E-state index is 0.0939. The summed E-state index contributed by atoms with van der Waals surface area (Å²) in [7, 11) is 1.75. The third-order valence-corrected chi connectivity index (χ3v) is 3.13. The fourth-order valence-electron chi connectivity index (χ4n) is 2.07. The van der Waals surface area contributed by atoms with Gasteiger partial charge in [0.1, 0.15) is 6.20 Å². The van der Waals surface area contributed by atoms with Crippen molar-refractivity contribution in [3.05, 3.63) is 59.8 Å². The summed E-state index contributed by atoms with van der Waals surface area (Å²) in [4.78, 5) is 8.62. The van der Waals surface area contributed by atoms with Gasteiger partial charge in [0.05, 0.1) is 12.9 Å². The van der Waals surface area contributed by atoms with Gasteiger partial charge < -0.3 is 5.11 Å². The molecule has 3 rings (SSSR count). The van der Waals surface area contributed by atoms with E-state index in [1.807, 2.05) is 41.8 Å². The lowest BCUT2D eigenvalue weighted by atomic mass is 10.3. The second-order valence-electron chi connectivity index (χ2n) is 4.63. The van der Waals surface area contributed by atoms with Crippen LogP contribution in [-0.2, 0) is 7.05 Å². The average molecular weight is 266 g/mol. The smallest absolute Gasteiger partial charge is 0.286 e. The third kappa shape index (κ3) is 2.14. The van der Waals surface area contributed by atoms with Gasteiger partial charge in [0.25, 0.3) is 5.65 Å². The van der Waals surface area contributed by atoms with E-state index in [4.69, 9.17) is 0 Å². The zero-order valence-electron chi connectivity index (χ0n) is 11.3. The SMILES string of the molecule is Cc1ccc2n(c1)/c(=N\c1ccccn1)cc([O-])[n+]2C. The molecular weight excluding hydrogens is 252 g/mol. The van der Waals surface area contributed by atoms with Gasteiger partial charge in [0.2, 0.25) is 5.49 Å². The maximum absolute atomic E-state index is 12.0. The highest BCUT2D eigenvalue weighted by molar-refractivity contribution is 5.35. The Kier molecular flexibility index (Phi) is 2.95. The van der Waals surface area contributed by atoms with Crippen LogP contribution in [0.4, 0.5) is 5.82 Å². The number of hydrogen-bond acceptors (Lipinski definition) is 3. The van der Waals surface area contributed by atoms with E-state index in [2.05, 4.69) is 9.98 Å². The molecule has 5 heteroatoms. The van der Waals surface area contributed by atoms with Crippen LogP contribution in [0, 0.1) is 6.92 Å². The van der Waals surface area contributed by atoms with Crippen molar-refractivity contribution in [2.75, 3.05) is 0 Å². The summed E-state index contributed by atoms with van der Waals surface area (Å²) in [6.45, 7) is 2.00. The summed E-state index contributed by atoms with van der Waals surface area (Å²) in [5, 5.41) is 12.0. The van der Waals surface area contributed by atoms with Crippen molar-refractivity contribution in [1.29, 1.82) is 0 Å². The molecule has 0 unspecified atom stereocenters. The number of rotatable bonds is 1. The van der Waals surface area contributed by atoms with Crippen LogP contribution >= 0.6 is 0 Å². The summed E-state index contributed by atoms with van der Waals surface area (Å²) in [6.07, 6.45) is 3.63. The van der Waals surface area contributed by atoms with E-state index in [0.29, 0.717) is 11.3 Å². The number of aromatic nitrogens is 3. The largest absolute Gasteiger partial charge is 0.842 e. The van der Waals surface area contributed by atoms with E-state index >= 15 is 0 Å². The predicted molar refractivity (Wildman–Crippen MR) is 72.2 cm³/mol. The predicted octanol–water partition coefficient (Wildman–Crippen LogP) is 0.773. The lowest BCUT2D eigenvalue weighted by molar-refractivity contribution is -0.694. The van der Waals surface area contributed by atoms with Gasteiger partial charge in [-0.25, -0.2) is 9.55 Å². The molecule has 5 nitrogen and oxygen atoms in total. The molecule has 0 aliphatic heterocycles. The molecule has 0 radical (unpaired) electrons. The molecule has 0 fully saturated rings. The Morgan fingerprint density at radius 3 is 2.85 bits per heavy atom. The van der Waals surface area contributed by atoms with Gasteiger partial charge >= 0.3 is 0 Å². The minimum Gasteiger partial charge on any atom is -0.842 e. The quantitative estimate of drug-likeness (QED) is 0.611. The Morgan fingerprint density at radius 2 is 2.10 bits per heavy atom. The molecule has 0 amide bonds. The van der Waals surface area contributed by atoms with Crippen molar-refractivity contribution in [3.63, 3.8) is 0 Å². The van der Waals surface area contributed by atoms with Crippen LogP contribution in [0.3, 0.4) is 0 Å². The molecule has 0 aliphatic carbocycles. The first-order valence-electron chi connectivity index (χ1n) is 6.30. The maximum atomic E-state index is 12.0. The fraction of sp³-hybridized carbons (Fsp3) is 0.133. The lowest BCUT2D eigenvalue weighted by Gasteiger charge is -2.09. The van der Waals surface area contributed by atoms with Crippen molar-refractivity contribution in [1.82, 2.24) is 9.38 Å². The molecular formula is C15H14N4O. The zero-order chi connectivity index (χ0) is 14.1. The highest BCUT2D eigenvalue weighted by Crippen LogP contribution is 2.05. The van der Waals surface area contributed by atoms with E-state index in [0.717, 1.165) is 11.2 Å². The standard InChI is InChI=1S/C15H14N4O/c1-11-6-7-14-18(2)15(20)9-13(19(14)10-11)17-12-5-3-4-8-16-12/h3-10H,1-2H3. The van der Waals surface area contributed by atoms with Crippen LogP contribution in [0.25, 0.3) is 5.65 Å². The average Bonchev–Trinajstić information content (AvgIpc) is 2.45. The van der Waals surface area contributed by atoms with E-state index < -0.39 is 0 Å². The molecule has 0 bridgehead atoms. The Labute approximate surface area is 116 Å². The molecule has 0 saturated carbocycles. The molecule has 100 valence electrons. The van der Waals surface area contributed by atoms with Crippen molar-refractivity contribution in [2.24, 2.45) is 12.0 Å². The molecule has 0 saturated heterocycles. The monoisotopic (exact) mass is 266 g/mol. The van der Waals surface area contributed by atoms with Gasteiger partial charge in [0, 0.05) is 18.3 Å². The summed E-state index contributed by atoms with van der Waals surface area (Å²) >= 11 is 0. The highest BCUT2D eigenvalue weighted by Gasteiger charge is 2.08. The summed E-state index contributed by atoms with van der Waals surface area (Å²) in [5.74, 6) is 0.486. The first-order valence-corrected chi connectivity index (χ1v) is 6.30. The Morgan fingerprint density at radius 1 is 1.25 bits per heavy atom. The first kappa shape index (κ1) is 12.3. The van der Waals surface area contributed by atoms with E-state index in [1.54, 1.807) is 23.9 Å². The van der Waals surface area contributed by atoms with Crippen molar-refractivity contribution in [3.8, 4) is 5.88 Å². The van der Waals surface area contributed by atoms with Crippen LogP contribution in [0.5, 0.6) is 5.88 Å². The second-order valence-corrected chi connectivity index (χ2v) is 4.63. The van der Waals surface area contributed by atoms with Crippen LogP contribution in [0.1, 0.15) is 5.56 Å². The molecule has 0 aliphatic rings. The minimum atomic E-state index is -0.0939. The van der Waals surface area contributed by atoms with Gasteiger partial charge in [-0.15, -0.1) is 0 Å². The topological polar surface area (TPSA) is 56.6 Å². The van der Waals surface area contributed by atoms with Gasteiger partial charge in [-0.1, -0.05) is 6.07 Å². The Hall–Kier alpha value is -2.69. The molecule has 3 aromatic rings. The maximum Gasteiger partial charge on any atom is 0.286 e. The number of hydrogen-bond donors (Lipinski definition) is 0. The van der Waals surface area contributed by atoms with Gasteiger partial charge in [-0.3, -0.25) is 0 Å². The van der Waals surface area contributed by atoms with Gasteiger partial charge in [-0.2, -0.15) is 9.39 Å². The molecule has 0 spiro atoms. The number of pyridine rings is 2. The summed E-state index contributed by atoms with van der Waals surface area (Å²) in [5.41, 5.74) is 2.46. The first-order chi connectivity index (χ1) is 9.65. The molecule has 0 N–H and O–H groups in total. The van der Waals surface area contributed by atoms with Crippen LogP contribution in [0.2, 0.25) is 0 Å². The molecule has 0 atom stereocenters. The van der Waals surface area contributed by atoms with Crippen molar-refractivity contribution in [2.45, 2.75) is 6.92 Å². The van der Waals surface area contributed by atoms with Crippen molar-refractivity contribution >= 4 is 11.5 Å². The zero-order valence-corrected chi connectivity index (χ0v) is 11.3. The third-order valence-electron chi connectivity index (χ3n) is 3.13. The number of fused-ring (bicyclic) bond motifs is 1. The van der Waals surface area contributed by atoms with Gasteiger partial charge in [-0.05, 0) is 30.7 Å². The van der Waals surface area contributed by atoms with E-state index in [-0.39, 0.29) is 5.88 Å². The van der Waals surface area contributed by atoms with E-state index in [1.165, 1.54) is 6.07 Å². The molecule has 3 heterocycles. The Balaban J connectivity index is 2.38.